The zero-order chi connectivity index (χ0) is 21.1. The van der Waals surface area contributed by atoms with E-state index in [1.54, 1.807) is 4.90 Å². The first-order chi connectivity index (χ1) is 14.6. The number of hydrogen-bond donors (Lipinski definition) is 0. The smallest absolute Gasteiger partial charge is 0.237 e. The lowest BCUT2D eigenvalue weighted by Crippen LogP contribution is -2.56. The van der Waals surface area contributed by atoms with Crippen molar-refractivity contribution in [2.45, 2.75) is 31.8 Å². The lowest BCUT2D eigenvalue weighted by molar-refractivity contribution is -0.141. The van der Waals surface area contributed by atoms with Crippen LogP contribution in [0.2, 0.25) is 0 Å². The van der Waals surface area contributed by atoms with Gasteiger partial charge in [-0.25, -0.2) is 0 Å². The van der Waals surface area contributed by atoms with Gasteiger partial charge in [-0.15, -0.1) is 22.9 Å². The number of alkyl halides is 1. The summed E-state index contributed by atoms with van der Waals surface area (Å²) in [6, 6.07) is 13.0. The fourth-order valence-corrected chi connectivity index (χ4v) is 5.72. The first kappa shape index (κ1) is 21.3. The van der Waals surface area contributed by atoms with Crippen LogP contribution in [0, 0.1) is 0 Å². The molecule has 1 saturated heterocycles. The van der Waals surface area contributed by atoms with Crippen molar-refractivity contribution < 1.29 is 9.59 Å². The van der Waals surface area contributed by atoms with Crippen molar-refractivity contribution >= 4 is 34.8 Å². The third-order valence-electron chi connectivity index (χ3n) is 6.21. The van der Waals surface area contributed by atoms with Crippen molar-refractivity contribution in [2.75, 3.05) is 38.6 Å². The molecule has 1 fully saturated rings. The Morgan fingerprint density at radius 2 is 1.90 bits per heavy atom. The van der Waals surface area contributed by atoms with Crippen molar-refractivity contribution in [3.8, 4) is 0 Å². The summed E-state index contributed by atoms with van der Waals surface area (Å²) in [6.07, 6.45) is 1.54. The molecule has 30 heavy (non-hydrogen) atoms. The average Bonchev–Trinajstić information content (AvgIpc) is 3.25. The number of benzene rings is 1. The first-order valence-electron chi connectivity index (χ1n) is 10.6. The number of carbonyl (C=O) groups is 2. The standard InChI is InChI=1S/C23H28ClN3O2S/c1-17-16-26(12-13-27(17)22(29)15-24)21(28)8-11-25-10-7-20-19(9-14-30-20)23(25)18-5-3-2-4-6-18/h2-6,9,14,17,23H,7-8,10-13,15-16H2,1H3/t17-,23-/m1/s1. The molecule has 0 unspecified atom stereocenters. The molecule has 0 bridgehead atoms. The largest absolute Gasteiger partial charge is 0.339 e. The molecule has 2 atom stereocenters. The number of halogens is 1. The lowest BCUT2D eigenvalue weighted by Gasteiger charge is -2.40. The molecule has 4 rings (SSSR count). The quantitative estimate of drug-likeness (QED) is 0.662. The summed E-state index contributed by atoms with van der Waals surface area (Å²) >= 11 is 7.53. The number of carbonyl (C=O) groups excluding carboxylic acids is 2. The zero-order valence-corrected chi connectivity index (χ0v) is 18.9. The van der Waals surface area contributed by atoms with Gasteiger partial charge in [0.05, 0.1) is 6.04 Å². The third-order valence-corrected chi connectivity index (χ3v) is 7.43. The minimum Gasteiger partial charge on any atom is -0.339 e. The number of rotatable bonds is 5. The van der Waals surface area contributed by atoms with Crippen LogP contribution in [0.1, 0.15) is 35.4 Å². The summed E-state index contributed by atoms with van der Waals surface area (Å²) in [7, 11) is 0. The molecule has 2 aromatic rings. The van der Waals surface area contributed by atoms with Gasteiger partial charge in [0.1, 0.15) is 5.88 Å². The maximum absolute atomic E-state index is 12.9. The monoisotopic (exact) mass is 445 g/mol. The Morgan fingerprint density at radius 3 is 2.63 bits per heavy atom. The van der Waals surface area contributed by atoms with E-state index in [4.69, 9.17) is 11.6 Å². The minimum atomic E-state index is -0.0538. The van der Waals surface area contributed by atoms with Gasteiger partial charge in [-0.3, -0.25) is 14.5 Å². The summed E-state index contributed by atoms with van der Waals surface area (Å²) in [6.45, 7) is 5.42. The third kappa shape index (κ3) is 4.41. The Bertz CT molecular complexity index is 888. The predicted octanol–water partition coefficient (Wildman–Crippen LogP) is 3.38. The van der Waals surface area contributed by atoms with Crippen LogP contribution in [0.15, 0.2) is 41.8 Å². The Hall–Kier alpha value is -1.89. The van der Waals surface area contributed by atoms with Gasteiger partial charge in [-0.1, -0.05) is 30.3 Å². The van der Waals surface area contributed by atoms with Gasteiger partial charge in [0.25, 0.3) is 0 Å². The average molecular weight is 446 g/mol. The lowest BCUT2D eigenvalue weighted by atomic mass is 9.93. The maximum Gasteiger partial charge on any atom is 0.237 e. The number of amides is 2. The van der Waals surface area contributed by atoms with Crippen LogP contribution in [-0.4, -0.2) is 71.2 Å². The van der Waals surface area contributed by atoms with Gasteiger partial charge < -0.3 is 9.80 Å². The van der Waals surface area contributed by atoms with E-state index in [1.807, 2.05) is 29.2 Å². The second-order valence-corrected chi connectivity index (χ2v) is 9.33. The summed E-state index contributed by atoms with van der Waals surface area (Å²) in [5.41, 5.74) is 2.66. The molecule has 2 amide bonds. The number of thiophene rings is 1. The number of fused-ring (bicyclic) bond motifs is 1. The van der Waals surface area contributed by atoms with E-state index in [9.17, 15) is 9.59 Å². The minimum absolute atomic E-state index is 0.00130. The van der Waals surface area contributed by atoms with Crippen LogP contribution in [-0.2, 0) is 16.0 Å². The summed E-state index contributed by atoms with van der Waals surface area (Å²) in [5.74, 6) is 0.114. The molecule has 160 valence electrons. The maximum atomic E-state index is 12.9. The fourth-order valence-electron chi connectivity index (χ4n) is 4.66. The Kier molecular flexibility index (Phi) is 6.76. The molecule has 7 heteroatoms. The predicted molar refractivity (Wildman–Crippen MR) is 121 cm³/mol. The SMILES string of the molecule is C[C@@H]1CN(C(=O)CCN2CCc3sccc3[C@H]2c2ccccc2)CCN1C(=O)CCl. The van der Waals surface area contributed by atoms with E-state index >= 15 is 0 Å². The van der Waals surface area contributed by atoms with Crippen LogP contribution in [0.4, 0.5) is 0 Å². The van der Waals surface area contributed by atoms with Gasteiger partial charge in [-0.05, 0) is 35.9 Å². The molecule has 3 heterocycles. The van der Waals surface area contributed by atoms with E-state index < -0.39 is 0 Å². The molecule has 1 aromatic carbocycles. The van der Waals surface area contributed by atoms with Crippen molar-refractivity contribution in [1.29, 1.82) is 0 Å². The number of piperazine rings is 1. The van der Waals surface area contributed by atoms with E-state index in [1.165, 1.54) is 16.0 Å². The van der Waals surface area contributed by atoms with Crippen LogP contribution >= 0.6 is 22.9 Å². The van der Waals surface area contributed by atoms with Gasteiger partial charge in [0.15, 0.2) is 0 Å². The highest BCUT2D eigenvalue weighted by molar-refractivity contribution is 7.10. The van der Waals surface area contributed by atoms with Crippen LogP contribution < -0.4 is 0 Å². The molecule has 0 saturated carbocycles. The first-order valence-corrected chi connectivity index (χ1v) is 12.0. The molecule has 0 radical (unpaired) electrons. The van der Waals surface area contributed by atoms with Crippen molar-refractivity contribution in [3.05, 3.63) is 57.8 Å². The zero-order valence-electron chi connectivity index (χ0n) is 17.3. The molecule has 5 nitrogen and oxygen atoms in total. The molecule has 2 aliphatic rings. The van der Waals surface area contributed by atoms with E-state index in [0.29, 0.717) is 26.1 Å². The fraction of sp³-hybridized carbons (Fsp3) is 0.478. The van der Waals surface area contributed by atoms with Gasteiger partial charge >= 0.3 is 0 Å². The normalized spacial score (nSPS) is 22.1. The Morgan fingerprint density at radius 1 is 1.10 bits per heavy atom. The highest BCUT2D eigenvalue weighted by atomic mass is 35.5. The molecular weight excluding hydrogens is 418 g/mol. The number of nitrogens with zero attached hydrogens (tertiary/aromatic N) is 3. The Labute approximate surface area is 187 Å². The molecule has 2 aliphatic heterocycles. The molecule has 0 N–H and O–H groups in total. The topological polar surface area (TPSA) is 43.9 Å². The summed E-state index contributed by atoms with van der Waals surface area (Å²) < 4.78 is 0. The van der Waals surface area contributed by atoms with Gasteiger partial charge in [0, 0.05) is 50.1 Å². The highest BCUT2D eigenvalue weighted by Gasteiger charge is 2.32. The van der Waals surface area contributed by atoms with Gasteiger partial charge in [-0.2, -0.15) is 0 Å². The van der Waals surface area contributed by atoms with E-state index in [-0.39, 0.29) is 29.8 Å². The van der Waals surface area contributed by atoms with Crippen molar-refractivity contribution in [2.24, 2.45) is 0 Å². The van der Waals surface area contributed by atoms with Crippen molar-refractivity contribution in [3.63, 3.8) is 0 Å². The summed E-state index contributed by atoms with van der Waals surface area (Å²) in [4.78, 5) is 32.5. The number of hydrogen-bond acceptors (Lipinski definition) is 4. The van der Waals surface area contributed by atoms with Crippen LogP contribution in [0.25, 0.3) is 0 Å². The molecular formula is C23H28ClN3O2S. The van der Waals surface area contributed by atoms with Crippen LogP contribution in [0.5, 0.6) is 0 Å². The van der Waals surface area contributed by atoms with Crippen molar-refractivity contribution in [1.82, 2.24) is 14.7 Å². The molecule has 1 aromatic heterocycles. The van der Waals surface area contributed by atoms with E-state index in [0.717, 1.165) is 19.5 Å². The summed E-state index contributed by atoms with van der Waals surface area (Å²) in [5, 5.41) is 2.18. The Balaban J connectivity index is 1.40. The van der Waals surface area contributed by atoms with Gasteiger partial charge in [0.2, 0.25) is 11.8 Å². The molecule has 0 spiro atoms. The highest BCUT2D eigenvalue weighted by Crippen LogP contribution is 2.37. The second-order valence-electron chi connectivity index (χ2n) is 8.06. The van der Waals surface area contributed by atoms with E-state index in [2.05, 4.69) is 40.6 Å². The second kappa shape index (κ2) is 9.50. The molecule has 0 aliphatic carbocycles. The van der Waals surface area contributed by atoms with Crippen LogP contribution in [0.3, 0.4) is 0 Å².